The summed E-state index contributed by atoms with van der Waals surface area (Å²) in [6.07, 6.45) is 2.01. The minimum absolute atomic E-state index is 0.157. The molecule has 0 fully saturated rings. The van der Waals surface area contributed by atoms with Crippen LogP contribution in [-0.4, -0.2) is 19.0 Å². The Morgan fingerprint density at radius 2 is 2.18 bits per heavy atom. The van der Waals surface area contributed by atoms with E-state index in [9.17, 15) is 4.79 Å². The summed E-state index contributed by atoms with van der Waals surface area (Å²) in [5.74, 6) is -0.375. The van der Waals surface area contributed by atoms with E-state index < -0.39 is 0 Å². The summed E-state index contributed by atoms with van der Waals surface area (Å²) in [6, 6.07) is 5.39. The molecule has 0 bridgehead atoms. The van der Waals surface area contributed by atoms with Gasteiger partial charge in [0.25, 0.3) is 0 Å². The van der Waals surface area contributed by atoms with Crippen LogP contribution in [-0.2, 0) is 4.79 Å². The van der Waals surface area contributed by atoms with Crippen LogP contribution >= 0.6 is 11.6 Å². The summed E-state index contributed by atoms with van der Waals surface area (Å²) in [5.41, 5.74) is 12.4. The minimum Gasteiger partial charge on any atom is -0.396 e. The van der Waals surface area contributed by atoms with Crippen LogP contribution in [0, 0.1) is 0 Å². The lowest BCUT2D eigenvalue weighted by molar-refractivity contribution is -0.116. The maximum absolute atomic E-state index is 11.0. The van der Waals surface area contributed by atoms with Gasteiger partial charge in [0.15, 0.2) is 0 Å². The third-order valence-corrected chi connectivity index (χ3v) is 2.83. The van der Waals surface area contributed by atoms with Gasteiger partial charge >= 0.3 is 0 Å². The predicted molar refractivity (Wildman–Crippen MR) is 72.2 cm³/mol. The zero-order chi connectivity index (χ0) is 12.8. The molecule has 17 heavy (non-hydrogen) atoms. The zero-order valence-electron chi connectivity index (χ0n) is 9.95. The number of primary amides is 1. The molecule has 5 heteroatoms. The van der Waals surface area contributed by atoms with Gasteiger partial charge in [-0.2, -0.15) is 0 Å². The molecular weight excluding hydrogens is 238 g/mol. The number of unbranched alkanes of at least 4 members (excludes halogenated alkanes) is 1. The van der Waals surface area contributed by atoms with E-state index in [4.69, 9.17) is 23.1 Å². The van der Waals surface area contributed by atoms with Crippen molar-refractivity contribution in [1.82, 2.24) is 0 Å². The Bertz CT molecular complexity index is 395. The van der Waals surface area contributed by atoms with Gasteiger partial charge in [0.05, 0.1) is 22.9 Å². The highest BCUT2D eigenvalue weighted by Gasteiger charge is 2.13. The largest absolute Gasteiger partial charge is 0.396 e. The molecule has 94 valence electrons. The Morgan fingerprint density at radius 1 is 1.47 bits per heavy atom. The molecule has 0 aliphatic carbocycles. The van der Waals surface area contributed by atoms with Crippen molar-refractivity contribution >= 4 is 28.9 Å². The molecule has 0 aliphatic heterocycles. The third kappa shape index (κ3) is 3.82. The molecular formula is C12H18ClN3O. The Hall–Kier alpha value is -1.42. The van der Waals surface area contributed by atoms with Crippen molar-refractivity contribution < 1.29 is 4.79 Å². The smallest absolute Gasteiger partial charge is 0.236 e. The fourth-order valence-electron chi connectivity index (χ4n) is 1.62. The summed E-state index contributed by atoms with van der Waals surface area (Å²) in [5, 5.41) is 0.494. The van der Waals surface area contributed by atoms with E-state index in [0.29, 0.717) is 10.7 Å². The lowest BCUT2D eigenvalue weighted by atomic mass is 10.2. The molecule has 0 aliphatic rings. The first-order valence-corrected chi connectivity index (χ1v) is 6.01. The van der Waals surface area contributed by atoms with Gasteiger partial charge in [0.2, 0.25) is 5.91 Å². The van der Waals surface area contributed by atoms with Gasteiger partial charge in [-0.15, -0.1) is 0 Å². The predicted octanol–water partition coefficient (Wildman–Crippen LogP) is 2.01. The fraction of sp³-hybridized carbons (Fsp3) is 0.417. The summed E-state index contributed by atoms with van der Waals surface area (Å²) in [6.45, 7) is 2.98. The SMILES string of the molecule is CCCCN(CC(N)=O)c1cccc(Cl)c1N. The highest BCUT2D eigenvalue weighted by molar-refractivity contribution is 6.33. The summed E-state index contributed by atoms with van der Waals surface area (Å²) >= 11 is 5.96. The van der Waals surface area contributed by atoms with Crippen molar-refractivity contribution in [3.05, 3.63) is 23.2 Å². The Kier molecular flexibility index (Phi) is 5.10. The number of nitrogens with two attached hydrogens (primary N) is 2. The average molecular weight is 256 g/mol. The van der Waals surface area contributed by atoms with Crippen LogP contribution in [0.15, 0.2) is 18.2 Å². The summed E-state index contributed by atoms with van der Waals surface area (Å²) < 4.78 is 0. The molecule has 1 aromatic rings. The topological polar surface area (TPSA) is 72.3 Å². The van der Waals surface area contributed by atoms with E-state index in [1.54, 1.807) is 6.07 Å². The number of rotatable bonds is 6. The number of nitrogens with zero attached hydrogens (tertiary/aromatic N) is 1. The number of anilines is 2. The maximum atomic E-state index is 11.0. The lowest BCUT2D eigenvalue weighted by Crippen LogP contribution is -2.35. The zero-order valence-corrected chi connectivity index (χ0v) is 10.7. The monoisotopic (exact) mass is 255 g/mol. The van der Waals surface area contributed by atoms with Crippen LogP contribution in [0.5, 0.6) is 0 Å². The number of carbonyl (C=O) groups is 1. The molecule has 0 spiro atoms. The molecule has 0 aromatic heterocycles. The van der Waals surface area contributed by atoms with E-state index in [0.717, 1.165) is 25.1 Å². The van der Waals surface area contributed by atoms with E-state index in [1.807, 2.05) is 17.0 Å². The molecule has 1 amide bonds. The molecule has 0 heterocycles. The number of hydrogen-bond donors (Lipinski definition) is 2. The fourth-order valence-corrected chi connectivity index (χ4v) is 1.79. The number of carbonyl (C=O) groups excluding carboxylic acids is 1. The first-order valence-electron chi connectivity index (χ1n) is 5.63. The van der Waals surface area contributed by atoms with Crippen LogP contribution in [0.3, 0.4) is 0 Å². The molecule has 0 atom stereocenters. The van der Waals surface area contributed by atoms with E-state index in [-0.39, 0.29) is 12.5 Å². The van der Waals surface area contributed by atoms with Crippen LogP contribution in [0.2, 0.25) is 5.02 Å². The molecule has 0 saturated heterocycles. The van der Waals surface area contributed by atoms with Crippen molar-refractivity contribution in [2.45, 2.75) is 19.8 Å². The molecule has 0 saturated carbocycles. The van der Waals surface area contributed by atoms with Crippen molar-refractivity contribution in [3.8, 4) is 0 Å². The van der Waals surface area contributed by atoms with E-state index >= 15 is 0 Å². The first kappa shape index (κ1) is 13.6. The van der Waals surface area contributed by atoms with Gasteiger partial charge in [0, 0.05) is 6.54 Å². The third-order valence-electron chi connectivity index (χ3n) is 2.50. The van der Waals surface area contributed by atoms with Crippen molar-refractivity contribution in [2.75, 3.05) is 23.7 Å². The van der Waals surface area contributed by atoms with E-state index in [1.165, 1.54) is 0 Å². The number of para-hydroxylation sites is 1. The van der Waals surface area contributed by atoms with Crippen LogP contribution < -0.4 is 16.4 Å². The van der Waals surface area contributed by atoms with Gasteiger partial charge in [0.1, 0.15) is 0 Å². The van der Waals surface area contributed by atoms with Gasteiger partial charge in [-0.05, 0) is 18.6 Å². The molecule has 1 aromatic carbocycles. The van der Waals surface area contributed by atoms with Gasteiger partial charge in [-0.25, -0.2) is 0 Å². The number of amides is 1. The van der Waals surface area contributed by atoms with Crippen LogP contribution in [0.1, 0.15) is 19.8 Å². The second kappa shape index (κ2) is 6.35. The maximum Gasteiger partial charge on any atom is 0.236 e. The first-order chi connectivity index (χ1) is 8.06. The number of nitrogen functional groups attached to an aromatic ring is 1. The number of benzene rings is 1. The molecule has 1 rings (SSSR count). The van der Waals surface area contributed by atoms with Gasteiger partial charge in [-0.1, -0.05) is 31.0 Å². The van der Waals surface area contributed by atoms with Gasteiger partial charge < -0.3 is 16.4 Å². The second-order valence-corrected chi connectivity index (χ2v) is 4.32. The van der Waals surface area contributed by atoms with Gasteiger partial charge in [-0.3, -0.25) is 4.79 Å². The highest BCUT2D eigenvalue weighted by atomic mass is 35.5. The molecule has 4 N–H and O–H groups in total. The summed E-state index contributed by atoms with van der Waals surface area (Å²) in [4.78, 5) is 12.9. The quantitative estimate of drug-likeness (QED) is 0.764. The number of halogens is 1. The van der Waals surface area contributed by atoms with Crippen molar-refractivity contribution in [2.24, 2.45) is 5.73 Å². The highest BCUT2D eigenvalue weighted by Crippen LogP contribution is 2.30. The second-order valence-electron chi connectivity index (χ2n) is 3.91. The van der Waals surface area contributed by atoms with Crippen molar-refractivity contribution in [3.63, 3.8) is 0 Å². The normalized spacial score (nSPS) is 10.2. The minimum atomic E-state index is -0.375. The standard InChI is InChI=1S/C12H18ClN3O/c1-2-3-7-16(8-11(14)17)10-6-4-5-9(13)12(10)15/h4-6H,2-3,7-8,15H2,1H3,(H2,14,17). The Balaban J connectivity index is 2.94. The molecule has 0 unspecified atom stereocenters. The van der Waals surface area contributed by atoms with Crippen LogP contribution in [0.25, 0.3) is 0 Å². The Morgan fingerprint density at radius 3 is 2.76 bits per heavy atom. The lowest BCUT2D eigenvalue weighted by Gasteiger charge is -2.25. The van der Waals surface area contributed by atoms with Crippen molar-refractivity contribution in [1.29, 1.82) is 0 Å². The average Bonchev–Trinajstić information content (AvgIpc) is 2.28. The summed E-state index contributed by atoms with van der Waals surface area (Å²) in [7, 11) is 0. The molecule has 0 radical (unpaired) electrons. The van der Waals surface area contributed by atoms with Crippen LogP contribution in [0.4, 0.5) is 11.4 Å². The van der Waals surface area contributed by atoms with E-state index in [2.05, 4.69) is 6.92 Å². The number of hydrogen-bond acceptors (Lipinski definition) is 3. The molecule has 4 nitrogen and oxygen atoms in total. The Labute approximate surface area is 107 Å².